The van der Waals surface area contributed by atoms with Crippen LogP contribution in [-0.2, 0) is 11.2 Å². The molecule has 0 radical (unpaired) electrons. The van der Waals surface area contributed by atoms with E-state index in [0.717, 1.165) is 12.1 Å². The van der Waals surface area contributed by atoms with Crippen LogP contribution in [0.4, 0.5) is 4.39 Å². The van der Waals surface area contributed by atoms with Crippen LogP contribution < -0.4 is 5.32 Å². The number of Topliss-reactive ketones (excluding diaryl/α,β-unsaturated/α-hetero) is 1. The van der Waals surface area contributed by atoms with E-state index in [-0.39, 0.29) is 11.6 Å². The van der Waals surface area contributed by atoms with Gasteiger partial charge in [0.1, 0.15) is 11.6 Å². The van der Waals surface area contributed by atoms with E-state index in [2.05, 4.69) is 21.2 Å². The standard InChI is InChI=1S/C13H15BrFNO/c14-13-9(2-1-3-12(13)15)8-11(17)6-7-16-10-4-5-10/h1-3,10,16H,4-8H2. The van der Waals surface area contributed by atoms with Crippen LogP contribution in [0.15, 0.2) is 22.7 Å². The summed E-state index contributed by atoms with van der Waals surface area (Å²) in [7, 11) is 0. The first-order valence-corrected chi connectivity index (χ1v) is 6.64. The van der Waals surface area contributed by atoms with Gasteiger partial charge >= 0.3 is 0 Å². The van der Waals surface area contributed by atoms with Gasteiger partial charge in [0.05, 0.1) is 4.47 Å². The minimum atomic E-state index is -0.314. The van der Waals surface area contributed by atoms with Crippen LogP contribution in [0.3, 0.4) is 0 Å². The molecule has 1 fully saturated rings. The van der Waals surface area contributed by atoms with Crippen LogP contribution in [0.2, 0.25) is 0 Å². The Bertz CT molecular complexity index is 418. The molecule has 1 aromatic rings. The fourth-order valence-electron chi connectivity index (χ4n) is 1.69. The molecule has 0 aliphatic heterocycles. The molecule has 0 saturated heterocycles. The van der Waals surface area contributed by atoms with Crippen LogP contribution in [0.5, 0.6) is 0 Å². The second kappa shape index (κ2) is 5.74. The Labute approximate surface area is 109 Å². The fraction of sp³-hybridized carbons (Fsp3) is 0.462. The number of halogens is 2. The maximum atomic E-state index is 13.2. The smallest absolute Gasteiger partial charge is 0.138 e. The van der Waals surface area contributed by atoms with E-state index in [1.54, 1.807) is 12.1 Å². The van der Waals surface area contributed by atoms with Crippen LogP contribution >= 0.6 is 15.9 Å². The van der Waals surface area contributed by atoms with Crippen molar-refractivity contribution in [2.24, 2.45) is 0 Å². The molecule has 17 heavy (non-hydrogen) atoms. The van der Waals surface area contributed by atoms with Crippen molar-refractivity contribution < 1.29 is 9.18 Å². The van der Waals surface area contributed by atoms with Crippen LogP contribution in [0.25, 0.3) is 0 Å². The summed E-state index contributed by atoms with van der Waals surface area (Å²) in [5, 5.41) is 3.29. The number of benzene rings is 1. The van der Waals surface area contributed by atoms with Crippen molar-refractivity contribution >= 4 is 21.7 Å². The predicted octanol–water partition coefficient (Wildman–Crippen LogP) is 2.84. The summed E-state index contributed by atoms with van der Waals surface area (Å²) in [4.78, 5) is 11.7. The van der Waals surface area contributed by atoms with Gasteiger partial charge < -0.3 is 5.32 Å². The Kier molecular flexibility index (Phi) is 4.29. The highest BCUT2D eigenvalue weighted by Crippen LogP contribution is 2.21. The number of hydrogen-bond donors (Lipinski definition) is 1. The summed E-state index contributed by atoms with van der Waals surface area (Å²) in [5.41, 5.74) is 0.724. The van der Waals surface area contributed by atoms with Gasteiger partial charge in [-0.25, -0.2) is 4.39 Å². The highest BCUT2D eigenvalue weighted by atomic mass is 79.9. The monoisotopic (exact) mass is 299 g/mol. The van der Waals surface area contributed by atoms with Gasteiger partial charge in [-0.2, -0.15) is 0 Å². The van der Waals surface area contributed by atoms with E-state index in [1.807, 2.05) is 0 Å². The van der Waals surface area contributed by atoms with Crippen molar-refractivity contribution in [3.05, 3.63) is 34.1 Å². The highest BCUT2D eigenvalue weighted by molar-refractivity contribution is 9.10. The number of hydrogen-bond acceptors (Lipinski definition) is 2. The summed E-state index contributed by atoms with van der Waals surface area (Å²) in [5.74, 6) is -0.171. The molecule has 2 rings (SSSR count). The summed E-state index contributed by atoms with van der Waals surface area (Å²) in [6, 6.07) is 5.42. The first-order valence-electron chi connectivity index (χ1n) is 5.85. The Hall–Kier alpha value is -0.740. The van der Waals surface area contributed by atoms with E-state index in [0.29, 0.717) is 23.4 Å². The minimum absolute atomic E-state index is 0.143. The molecule has 0 heterocycles. The van der Waals surface area contributed by atoms with Crippen molar-refractivity contribution in [3.63, 3.8) is 0 Å². The fourth-order valence-corrected chi connectivity index (χ4v) is 2.09. The van der Waals surface area contributed by atoms with Crippen molar-refractivity contribution in [3.8, 4) is 0 Å². The van der Waals surface area contributed by atoms with E-state index >= 15 is 0 Å². The second-order valence-electron chi connectivity index (χ2n) is 4.41. The van der Waals surface area contributed by atoms with E-state index in [1.165, 1.54) is 18.9 Å². The lowest BCUT2D eigenvalue weighted by Gasteiger charge is -2.05. The predicted molar refractivity (Wildman–Crippen MR) is 68.5 cm³/mol. The van der Waals surface area contributed by atoms with Crippen LogP contribution in [0.1, 0.15) is 24.8 Å². The first-order chi connectivity index (χ1) is 8.16. The average molecular weight is 300 g/mol. The topological polar surface area (TPSA) is 29.1 Å². The van der Waals surface area contributed by atoms with Crippen LogP contribution in [-0.4, -0.2) is 18.4 Å². The van der Waals surface area contributed by atoms with E-state index in [4.69, 9.17) is 0 Å². The lowest BCUT2D eigenvalue weighted by Crippen LogP contribution is -2.20. The van der Waals surface area contributed by atoms with E-state index < -0.39 is 0 Å². The lowest BCUT2D eigenvalue weighted by molar-refractivity contribution is -0.118. The largest absolute Gasteiger partial charge is 0.314 e. The number of carbonyl (C=O) groups is 1. The van der Waals surface area contributed by atoms with Crippen LogP contribution in [0, 0.1) is 5.82 Å². The molecule has 1 aromatic carbocycles. The molecule has 0 amide bonds. The molecule has 1 N–H and O–H groups in total. The van der Waals surface area contributed by atoms with E-state index in [9.17, 15) is 9.18 Å². The third-order valence-corrected chi connectivity index (χ3v) is 3.72. The van der Waals surface area contributed by atoms with Gasteiger partial charge in [0.15, 0.2) is 0 Å². The third-order valence-electron chi connectivity index (χ3n) is 2.83. The molecule has 2 nitrogen and oxygen atoms in total. The molecule has 0 atom stereocenters. The molecule has 1 aliphatic rings. The number of rotatable bonds is 6. The Morgan fingerprint density at radius 1 is 1.47 bits per heavy atom. The molecular formula is C13H15BrFNO. The van der Waals surface area contributed by atoms with Gasteiger partial charge in [-0.05, 0) is 40.4 Å². The zero-order valence-electron chi connectivity index (χ0n) is 9.51. The summed E-state index contributed by atoms with van der Waals surface area (Å²) >= 11 is 3.17. The van der Waals surface area contributed by atoms with Gasteiger partial charge in [-0.3, -0.25) is 4.79 Å². The molecular weight excluding hydrogens is 285 g/mol. The summed E-state index contributed by atoms with van der Waals surface area (Å²) in [6.07, 6.45) is 3.26. The third kappa shape index (κ3) is 3.89. The maximum Gasteiger partial charge on any atom is 0.138 e. The quantitative estimate of drug-likeness (QED) is 0.875. The SMILES string of the molecule is O=C(CCNC1CC1)Cc1cccc(F)c1Br. The van der Waals surface area contributed by atoms with Crippen molar-refractivity contribution in [2.75, 3.05) is 6.54 Å². The van der Waals surface area contributed by atoms with Crippen molar-refractivity contribution in [2.45, 2.75) is 31.7 Å². The Balaban J connectivity index is 1.82. The molecule has 0 unspecified atom stereocenters. The minimum Gasteiger partial charge on any atom is -0.314 e. The molecule has 1 saturated carbocycles. The Morgan fingerprint density at radius 2 is 2.24 bits per heavy atom. The molecule has 0 aromatic heterocycles. The van der Waals surface area contributed by atoms with Crippen molar-refractivity contribution in [1.82, 2.24) is 5.32 Å². The van der Waals surface area contributed by atoms with Gasteiger partial charge in [-0.1, -0.05) is 12.1 Å². The van der Waals surface area contributed by atoms with Gasteiger partial charge in [0, 0.05) is 25.4 Å². The molecule has 92 valence electrons. The highest BCUT2D eigenvalue weighted by Gasteiger charge is 2.20. The average Bonchev–Trinajstić information content (AvgIpc) is 3.09. The summed E-state index contributed by atoms with van der Waals surface area (Å²) in [6.45, 7) is 0.733. The first kappa shape index (κ1) is 12.7. The maximum absolute atomic E-state index is 13.2. The number of ketones is 1. The molecule has 0 spiro atoms. The van der Waals surface area contributed by atoms with Gasteiger partial charge in [0.2, 0.25) is 0 Å². The van der Waals surface area contributed by atoms with Gasteiger partial charge in [0.25, 0.3) is 0 Å². The molecule has 0 bridgehead atoms. The zero-order valence-corrected chi connectivity index (χ0v) is 11.1. The lowest BCUT2D eigenvalue weighted by atomic mass is 10.1. The van der Waals surface area contributed by atoms with Crippen molar-refractivity contribution in [1.29, 1.82) is 0 Å². The molecule has 4 heteroatoms. The second-order valence-corrected chi connectivity index (χ2v) is 5.20. The zero-order chi connectivity index (χ0) is 12.3. The number of carbonyl (C=O) groups excluding carboxylic acids is 1. The Morgan fingerprint density at radius 3 is 2.94 bits per heavy atom. The molecule has 1 aliphatic carbocycles. The normalized spacial score (nSPS) is 14.9. The summed E-state index contributed by atoms with van der Waals surface area (Å²) < 4.78 is 13.6. The van der Waals surface area contributed by atoms with Gasteiger partial charge in [-0.15, -0.1) is 0 Å². The number of nitrogens with one attached hydrogen (secondary N) is 1.